The van der Waals surface area contributed by atoms with Gasteiger partial charge in [0, 0.05) is 23.3 Å². The molecule has 3 heterocycles. The van der Waals surface area contributed by atoms with E-state index in [0.717, 1.165) is 11.1 Å². The van der Waals surface area contributed by atoms with E-state index < -0.39 is 17.9 Å². The van der Waals surface area contributed by atoms with Crippen LogP contribution in [-0.2, 0) is 9.59 Å². The Morgan fingerprint density at radius 1 is 1.00 bits per heavy atom. The number of ketones is 1. The molecule has 0 aromatic heterocycles. The summed E-state index contributed by atoms with van der Waals surface area (Å²) >= 11 is 5.99. The predicted molar refractivity (Wildman–Crippen MR) is 114 cm³/mol. The maximum atomic E-state index is 13.6. The first-order chi connectivity index (χ1) is 14.5. The van der Waals surface area contributed by atoms with Crippen LogP contribution in [0.5, 0.6) is 0 Å². The Kier molecular flexibility index (Phi) is 4.51. The van der Waals surface area contributed by atoms with Crippen molar-refractivity contribution in [2.24, 2.45) is 11.8 Å². The van der Waals surface area contributed by atoms with Crippen molar-refractivity contribution >= 4 is 35.3 Å². The molecular weight excluding hydrogens is 400 g/mol. The summed E-state index contributed by atoms with van der Waals surface area (Å²) in [6.45, 7) is 2.33. The maximum absolute atomic E-state index is 13.6. The van der Waals surface area contributed by atoms with Gasteiger partial charge in [-0.25, -0.2) is 0 Å². The summed E-state index contributed by atoms with van der Waals surface area (Å²) in [4.78, 5) is 43.5. The highest BCUT2D eigenvalue weighted by molar-refractivity contribution is 6.30. The average Bonchev–Trinajstić information content (AvgIpc) is 3.22. The van der Waals surface area contributed by atoms with E-state index in [1.165, 1.54) is 4.90 Å². The van der Waals surface area contributed by atoms with Crippen molar-refractivity contribution < 1.29 is 14.4 Å². The highest BCUT2D eigenvalue weighted by Gasteiger charge is 2.64. The molecule has 0 N–H and O–H groups in total. The van der Waals surface area contributed by atoms with Crippen LogP contribution in [0.1, 0.15) is 40.9 Å². The molecule has 6 heteroatoms. The molecule has 3 aliphatic rings. The summed E-state index contributed by atoms with van der Waals surface area (Å²) in [7, 11) is 0. The quantitative estimate of drug-likeness (QED) is 0.555. The second-order valence-corrected chi connectivity index (χ2v) is 8.47. The Hall–Kier alpha value is -2.92. The lowest BCUT2D eigenvalue weighted by atomic mass is 9.83. The van der Waals surface area contributed by atoms with Crippen molar-refractivity contribution in [2.75, 3.05) is 6.54 Å². The number of rotatable bonds is 4. The lowest BCUT2D eigenvalue weighted by Crippen LogP contribution is -2.44. The maximum Gasteiger partial charge on any atom is 0.235 e. The van der Waals surface area contributed by atoms with Gasteiger partial charge in [-0.1, -0.05) is 42.8 Å². The van der Waals surface area contributed by atoms with Gasteiger partial charge in [0.05, 0.1) is 17.9 Å². The summed E-state index contributed by atoms with van der Waals surface area (Å²) in [6.07, 6.45) is 4.51. The normalized spacial score (nSPS) is 26.6. The summed E-state index contributed by atoms with van der Waals surface area (Å²) in [6, 6.07) is 13.5. The van der Waals surface area contributed by atoms with Gasteiger partial charge in [0.2, 0.25) is 11.8 Å². The second-order valence-electron chi connectivity index (χ2n) is 8.03. The van der Waals surface area contributed by atoms with E-state index in [2.05, 4.69) is 0 Å². The first-order valence-corrected chi connectivity index (χ1v) is 10.6. The third-order valence-corrected chi connectivity index (χ3v) is 6.65. The summed E-state index contributed by atoms with van der Waals surface area (Å²) in [5, 5.41) is 0.543. The molecule has 0 radical (unpaired) electrons. The van der Waals surface area contributed by atoms with Crippen LogP contribution >= 0.6 is 11.6 Å². The third kappa shape index (κ3) is 2.65. The molecule has 0 unspecified atom stereocenters. The minimum atomic E-state index is -0.718. The number of likely N-dealkylation sites (tertiary alicyclic amines) is 1. The van der Waals surface area contributed by atoms with Gasteiger partial charge in [-0.15, -0.1) is 0 Å². The van der Waals surface area contributed by atoms with E-state index in [4.69, 9.17) is 11.6 Å². The van der Waals surface area contributed by atoms with Gasteiger partial charge in [0.15, 0.2) is 5.78 Å². The number of halogens is 1. The molecule has 152 valence electrons. The Morgan fingerprint density at radius 3 is 2.43 bits per heavy atom. The van der Waals surface area contributed by atoms with E-state index in [-0.39, 0.29) is 23.6 Å². The number of hydrogen-bond donors (Lipinski definition) is 0. The van der Waals surface area contributed by atoms with Crippen LogP contribution in [0.25, 0.3) is 6.08 Å². The van der Waals surface area contributed by atoms with Crippen LogP contribution in [0.2, 0.25) is 5.02 Å². The number of amides is 2. The van der Waals surface area contributed by atoms with Crippen molar-refractivity contribution in [1.29, 1.82) is 0 Å². The van der Waals surface area contributed by atoms with Crippen LogP contribution < -0.4 is 0 Å². The van der Waals surface area contributed by atoms with Gasteiger partial charge in [0.1, 0.15) is 6.04 Å². The van der Waals surface area contributed by atoms with Crippen LogP contribution in [0.15, 0.2) is 54.7 Å². The summed E-state index contributed by atoms with van der Waals surface area (Å²) < 4.78 is 0. The molecule has 5 nitrogen and oxygen atoms in total. The molecule has 2 amide bonds. The van der Waals surface area contributed by atoms with E-state index in [1.54, 1.807) is 24.3 Å². The van der Waals surface area contributed by atoms with Crippen molar-refractivity contribution in [3.8, 4) is 0 Å². The molecule has 0 aliphatic carbocycles. The molecule has 2 fully saturated rings. The fourth-order valence-corrected chi connectivity index (χ4v) is 5.27. The number of carbonyl (C=O) groups is 3. The van der Waals surface area contributed by atoms with Gasteiger partial charge < -0.3 is 4.90 Å². The van der Waals surface area contributed by atoms with Crippen molar-refractivity contribution in [1.82, 2.24) is 9.80 Å². The first kappa shape index (κ1) is 19.1. The highest BCUT2D eigenvalue weighted by atomic mass is 35.5. The molecule has 4 atom stereocenters. The Morgan fingerprint density at radius 2 is 1.70 bits per heavy atom. The Labute approximate surface area is 179 Å². The van der Waals surface area contributed by atoms with Crippen molar-refractivity contribution in [3.05, 3.63) is 76.4 Å². The van der Waals surface area contributed by atoms with E-state index in [1.807, 2.05) is 48.4 Å². The first-order valence-electron chi connectivity index (χ1n) is 10.2. The van der Waals surface area contributed by atoms with E-state index in [9.17, 15) is 14.4 Å². The largest absolute Gasteiger partial charge is 0.358 e. The highest BCUT2D eigenvalue weighted by Crippen LogP contribution is 2.53. The minimum absolute atomic E-state index is 0.160. The molecule has 2 aromatic carbocycles. The molecule has 0 bridgehead atoms. The van der Waals surface area contributed by atoms with Crippen LogP contribution in [0.4, 0.5) is 0 Å². The van der Waals surface area contributed by atoms with Crippen molar-refractivity contribution in [2.45, 2.75) is 25.4 Å². The second kappa shape index (κ2) is 7.10. The molecular formula is C24H21ClN2O3. The molecule has 2 saturated heterocycles. The number of carbonyl (C=O) groups excluding carboxylic acids is 3. The zero-order chi connectivity index (χ0) is 21.0. The van der Waals surface area contributed by atoms with Crippen LogP contribution in [0, 0.1) is 11.8 Å². The van der Waals surface area contributed by atoms with E-state index in [0.29, 0.717) is 23.6 Å². The van der Waals surface area contributed by atoms with Gasteiger partial charge in [-0.2, -0.15) is 0 Å². The zero-order valence-electron chi connectivity index (χ0n) is 16.5. The number of Topliss-reactive ketones (excluding diaryl/α,β-unsaturated/α-hetero) is 1. The molecule has 30 heavy (non-hydrogen) atoms. The third-order valence-electron chi connectivity index (χ3n) is 6.40. The summed E-state index contributed by atoms with van der Waals surface area (Å²) in [5.41, 5.74) is 2.50. The SMILES string of the molecule is CCCN1C(=O)[C@@H]2[C@H](C1=O)[C@H](C(=O)c1ccc(Cl)cc1)N1C=Cc3ccccc3[C@@H]21. The van der Waals surface area contributed by atoms with Gasteiger partial charge in [-0.05, 0) is 47.9 Å². The molecule has 2 aromatic rings. The Bertz CT molecular complexity index is 1080. The number of fused-ring (bicyclic) bond motifs is 5. The van der Waals surface area contributed by atoms with Gasteiger partial charge in [0.25, 0.3) is 0 Å². The van der Waals surface area contributed by atoms with Crippen LogP contribution in [0.3, 0.4) is 0 Å². The fraction of sp³-hybridized carbons (Fsp3) is 0.292. The molecule has 5 rings (SSSR count). The molecule has 0 saturated carbocycles. The smallest absolute Gasteiger partial charge is 0.235 e. The molecule has 0 spiro atoms. The van der Waals surface area contributed by atoms with Crippen LogP contribution in [-0.4, -0.2) is 40.0 Å². The Balaban J connectivity index is 1.64. The summed E-state index contributed by atoms with van der Waals surface area (Å²) in [5.74, 6) is -1.81. The minimum Gasteiger partial charge on any atom is -0.358 e. The standard InChI is InChI=1S/C24H21ClN2O3/c1-2-12-27-23(29)18-19(24(27)30)21(22(28)15-7-9-16(25)10-8-15)26-13-11-14-5-3-4-6-17(14)20(18)26/h3-11,13,18-21H,2,12H2,1H3/t18-,19+,20+,21-/m1/s1. The van der Waals surface area contributed by atoms with Crippen molar-refractivity contribution in [3.63, 3.8) is 0 Å². The number of nitrogens with zero attached hydrogens (tertiary/aromatic N) is 2. The molecule has 3 aliphatic heterocycles. The zero-order valence-corrected chi connectivity index (χ0v) is 17.3. The van der Waals surface area contributed by atoms with E-state index >= 15 is 0 Å². The average molecular weight is 421 g/mol. The van der Waals surface area contributed by atoms with Gasteiger partial charge in [-0.3, -0.25) is 19.3 Å². The monoisotopic (exact) mass is 420 g/mol. The lowest BCUT2D eigenvalue weighted by molar-refractivity contribution is -0.141. The fourth-order valence-electron chi connectivity index (χ4n) is 5.15. The number of imide groups is 1. The predicted octanol–water partition coefficient (Wildman–Crippen LogP) is 3.94. The topological polar surface area (TPSA) is 57.7 Å². The number of benzene rings is 2. The van der Waals surface area contributed by atoms with Gasteiger partial charge >= 0.3 is 0 Å². The number of hydrogen-bond acceptors (Lipinski definition) is 4. The lowest BCUT2D eigenvalue weighted by Gasteiger charge is -2.35.